The summed E-state index contributed by atoms with van der Waals surface area (Å²) in [4.78, 5) is 10.4. The van der Waals surface area contributed by atoms with Crippen LogP contribution in [0.25, 0.3) is 0 Å². The molecule has 0 bridgehead atoms. The summed E-state index contributed by atoms with van der Waals surface area (Å²) in [6, 6.07) is 3.81. The van der Waals surface area contributed by atoms with Crippen molar-refractivity contribution in [2.45, 2.75) is 16.7 Å². The summed E-state index contributed by atoms with van der Waals surface area (Å²) in [5, 5.41) is 10.7. The van der Waals surface area contributed by atoms with Crippen molar-refractivity contribution < 1.29 is 18.1 Å². The smallest absolute Gasteiger partial charge is 0.273 e. The van der Waals surface area contributed by atoms with Crippen molar-refractivity contribution in [1.29, 1.82) is 0 Å². The number of nitrogens with zero attached hydrogens (tertiary/aromatic N) is 2. The van der Waals surface area contributed by atoms with E-state index in [2.05, 4.69) is 0 Å². The number of ether oxygens (including phenoxy) is 1. The zero-order chi connectivity index (χ0) is 16.2. The summed E-state index contributed by atoms with van der Waals surface area (Å²) in [5.74, 6) is 0. The van der Waals surface area contributed by atoms with E-state index in [1.807, 2.05) is 0 Å². The molecule has 1 rings (SSSR count). The fraction of sp³-hybridized carbons (Fsp3) is 0.500. The Morgan fingerprint density at radius 3 is 2.52 bits per heavy atom. The van der Waals surface area contributed by atoms with Crippen LogP contribution in [0.4, 0.5) is 5.69 Å². The summed E-state index contributed by atoms with van der Waals surface area (Å²) < 4.78 is 29.9. The van der Waals surface area contributed by atoms with Gasteiger partial charge >= 0.3 is 0 Å². The van der Waals surface area contributed by atoms with E-state index >= 15 is 0 Å². The van der Waals surface area contributed by atoms with Crippen LogP contribution >= 0.6 is 11.6 Å². The van der Waals surface area contributed by atoms with Gasteiger partial charge in [-0.15, -0.1) is 11.6 Å². The number of methoxy groups -OCH3 is 1. The maximum atomic E-state index is 12.0. The molecule has 0 amide bonds. The number of nitro benzene ring substituents is 1. The van der Waals surface area contributed by atoms with Crippen LogP contribution in [0.1, 0.15) is 5.56 Å². The molecule has 0 aromatic heterocycles. The summed E-state index contributed by atoms with van der Waals surface area (Å²) >= 11 is 6.00. The number of nitro groups is 1. The number of halogens is 1. The topological polar surface area (TPSA) is 89.8 Å². The summed E-state index contributed by atoms with van der Waals surface area (Å²) in [7, 11) is 0.493. The molecule has 21 heavy (non-hydrogen) atoms. The van der Waals surface area contributed by atoms with Gasteiger partial charge in [0, 0.05) is 32.8 Å². The Kier molecular flexibility index (Phi) is 6.09. The average molecular weight is 337 g/mol. The maximum Gasteiger partial charge on any atom is 0.273 e. The normalized spacial score (nSPS) is 13.4. The van der Waals surface area contributed by atoms with E-state index in [9.17, 15) is 18.5 Å². The van der Waals surface area contributed by atoms with Gasteiger partial charge in [-0.05, 0) is 12.5 Å². The molecule has 1 atom stereocenters. The van der Waals surface area contributed by atoms with E-state index in [4.69, 9.17) is 16.3 Å². The first-order valence-electron chi connectivity index (χ1n) is 6.03. The van der Waals surface area contributed by atoms with Gasteiger partial charge < -0.3 is 4.74 Å². The summed E-state index contributed by atoms with van der Waals surface area (Å²) in [6.07, 6.45) is 0.216. The lowest BCUT2D eigenvalue weighted by atomic mass is 10.1. The molecule has 0 spiro atoms. The van der Waals surface area contributed by atoms with E-state index < -0.39 is 20.3 Å². The lowest BCUT2D eigenvalue weighted by molar-refractivity contribution is -0.385. The minimum atomic E-state index is -3.72. The Morgan fingerprint density at radius 2 is 2.05 bits per heavy atom. The van der Waals surface area contributed by atoms with Gasteiger partial charge in [-0.1, -0.05) is 6.07 Å². The molecule has 0 aliphatic heterocycles. The van der Waals surface area contributed by atoms with Gasteiger partial charge in [-0.25, -0.2) is 12.7 Å². The summed E-state index contributed by atoms with van der Waals surface area (Å²) in [6.45, 7) is 0.246. The second-order valence-corrected chi connectivity index (χ2v) is 7.36. The first kappa shape index (κ1) is 17.8. The van der Waals surface area contributed by atoms with Crippen LogP contribution < -0.4 is 0 Å². The molecule has 0 saturated carbocycles. The second kappa shape index (κ2) is 7.17. The number of hydrogen-bond acceptors (Lipinski definition) is 5. The number of hydrogen-bond donors (Lipinski definition) is 0. The molecule has 1 aromatic rings. The second-order valence-electron chi connectivity index (χ2n) is 4.59. The molecule has 9 heteroatoms. The van der Waals surface area contributed by atoms with Crippen LogP contribution in [-0.2, 0) is 21.2 Å². The zero-order valence-electron chi connectivity index (χ0n) is 11.9. The molecule has 7 nitrogen and oxygen atoms in total. The van der Waals surface area contributed by atoms with Crippen molar-refractivity contribution in [2.24, 2.45) is 0 Å². The molecule has 0 N–H and O–H groups in total. The van der Waals surface area contributed by atoms with Crippen LogP contribution in [0.2, 0.25) is 0 Å². The molecular weight excluding hydrogens is 320 g/mol. The minimum Gasteiger partial charge on any atom is -0.383 e. The highest BCUT2D eigenvalue weighted by Gasteiger charge is 2.24. The standard InChI is InChI=1S/C12H17ClN2O5S/c1-14(2)21(18,19)11-5-4-9(6-10(13)8-20-3)12(7-11)15(16)17/h4-5,7,10H,6,8H2,1-3H3. The molecule has 118 valence electrons. The molecular formula is C12H17ClN2O5S. The first-order chi connectivity index (χ1) is 9.70. The molecule has 0 aliphatic rings. The number of sulfonamides is 1. The SMILES string of the molecule is COCC(Cl)Cc1ccc(S(=O)(=O)N(C)C)cc1[N+](=O)[O-]. The van der Waals surface area contributed by atoms with Crippen molar-refractivity contribution in [3.63, 3.8) is 0 Å². The maximum absolute atomic E-state index is 12.0. The van der Waals surface area contributed by atoms with Gasteiger partial charge in [0.15, 0.2) is 0 Å². The Hall–Kier alpha value is -1.22. The lowest BCUT2D eigenvalue weighted by Crippen LogP contribution is -2.22. The molecule has 0 radical (unpaired) electrons. The van der Waals surface area contributed by atoms with E-state index in [-0.39, 0.29) is 23.6 Å². The fourth-order valence-corrected chi connectivity index (χ4v) is 2.95. The van der Waals surface area contributed by atoms with Gasteiger partial charge in [0.1, 0.15) is 0 Å². The molecule has 1 aromatic carbocycles. The van der Waals surface area contributed by atoms with Crippen LogP contribution in [0, 0.1) is 10.1 Å². The van der Waals surface area contributed by atoms with Gasteiger partial charge in [-0.2, -0.15) is 0 Å². The van der Waals surface area contributed by atoms with Gasteiger partial charge in [0.05, 0.1) is 21.8 Å². The van der Waals surface area contributed by atoms with Crippen molar-refractivity contribution in [2.75, 3.05) is 27.8 Å². The van der Waals surface area contributed by atoms with E-state index in [0.29, 0.717) is 5.56 Å². The number of rotatable bonds is 7. The zero-order valence-corrected chi connectivity index (χ0v) is 13.5. The van der Waals surface area contributed by atoms with Crippen LogP contribution in [0.5, 0.6) is 0 Å². The van der Waals surface area contributed by atoms with E-state index in [0.717, 1.165) is 10.4 Å². The Labute approximate surface area is 128 Å². The van der Waals surface area contributed by atoms with E-state index in [1.165, 1.54) is 33.3 Å². The van der Waals surface area contributed by atoms with Crippen molar-refractivity contribution in [3.05, 3.63) is 33.9 Å². The van der Waals surface area contributed by atoms with Crippen LogP contribution in [-0.4, -0.2) is 50.8 Å². The molecule has 1 unspecified atom stereocenters. The highest BCUT2D eigenvalue weighted by atomic mass is 35.5. The minimum absolute atomic E-state index is 0.124. The van der Waals surface area contributed by atoms with Gasteiger partial charge in [0.2, 0.25) is 10.0 Å². The van der Waals surface area contributed by atoms with E-state index in [1.54, 1.807) is 0 Å². The molecule has 0 aliphatic carbocycles. The number of alkyl halides is 1. The third-order valence-corrected chi connectivity index (χ3v) is 4.91. The van der Waals surface area contributed by atoms with Crippen molar-refractivity contribution >= 4 is 27.3 Å². The number of benzene rings is 1. The van der Waals surface area contributed by atoms with Gasteiger partial charge in [-0.3, -0.25) is 10.1 Å². The van der Waals surface area contributed by atoms with Crippen LogP contribution in [0.15, 0.2) is 23.1 Å². The fourth-order valence-electron chi connectivity index (χ4n) is 1.74. The monoisotopic (exact) mass is 336 g/mol. The Balaban J connectivity index is 3.23. The Morgan fingerprint density at radius 1 is 1.43 bits per heavy atom. The predicted octanol–water partition coefficient (Wildman–Crippen LogP) is 1.64. The highest BCUT2D eigenvalue weighted by molar-refractivity contribution is 7.89. The third-order valence-electron chi connectivity index (χ3n) is 2.82. The molecule has 0 fully saturated rings. The molecule has 0 heterocycles. The first-order valence-corrected chi connectivity index (χ1v) is 7.90. The predicted molar refractivity (Wildman–Crippen MR) is 79.2 cm³/mol. The lowest BCUT2D eigenvalue weighted by Gasteiger charge is -2.13. The van der Waals surface area contributed by atoms with Crippen molar-refractivity contribution in [1.82, 2.24) is 4.31 Å². The summed E-state index contributed by atoms with van der Waals surface area (Å²) in [5.41, 5.74) is 0.106. The quantitative estimate of drug-likeness (QED) is 0.429. The van der Waals surface area contributed by atoms with Crippen LogP contribution in [0.3, 0.4) is 0 Å². The highest BCUT2D eigenvalue weighted by Crippen LogP contribution is 2.26. The molecule has 0 saturated heterocycles. The van der Waals surface area contributed by atoms with Crippen molar-refractivity contribution in [3.8, 4) is 0 Å². The Bertz CT molecular complexity index is 618. The average Bonchev–Trinajstić information content (AvgIpc) is 2.38. The largest absolute Gasteiger partial charge is 0.383 e. The van der Waals surface area contributed by atoms with Gasteiger partial charge in [0.25, 0.3) is 5.69 Å². The third kappa shape index (κ3) is 4.37.